The number of ketones is 1. The average molecular weight is 196 g/mol. The van der Waals surface area contributed by atoms with Crippen LogP contribution in [0, 0.1) is 17.8 Å². The molecule has 2 atom stereocenters. The van der Waals surface area contributed by atoms with E-state index in [0.717, 1.165) is 31.1 Å². The Labute approximate surface area is 88.3 Å². The van der Waals surface area contributed by atoms with Crippen LogP contribution in [0.1, 0.15) is 59.3 Å². The molecule has 0 radical (unpaired) electrons. The molecule has 0 aromatic rings. The number of rotatable bonds is 4. The summed E-state index contributed by atoms with van der Waals surface area (Å²) >= 11 is 0. The van der Waals surface area contributed by atoms with Crippen LogP contribution >= 0.6 is 0 Å². The average Bonchev–Trinajstić information content (AvgIpc) is 2.14. The molecule has 1 aliphatic rings. The lowest BCUT2D eigenvalue weighted by molar-refractivity contribution is -0.123. The van der Waals surface area contributed by atoms with Crippen LogP contribution in [0.5, 0.6) is 0 Å². The van der Waals surface area contributed by atoms with Gasteiger partial charge in [0.05, 0.1) is 0 Å². The van der Waals surface area contributed by atoms with E-state index in [-0.39, 0.29) is 0 Å². The molecule has 1 saturated carbocycles. The molecule has 0 N–H and O–H groups in total. The van der Waals surface area contributed by atoms with Gasteiger partial charge in [0.1, 0.15) is 5.78 Å². The summed E-state index contributed by atoms with van der Waals surface area (Å²) in [4.78, 5) is 11.4. The highest BCUT2D eigenvalue weighted by Gasteiger charge is 2.30. The Balaban J connectivity index is 2.49. The van der Waals surface area contributed by atoms with Gasteiger partial charge in [0.2, 0.25) is 0 Å². The zero-order chi connectivity index (χ0) is 10.6. The molecule has 0 bridgehead atoms. The Kier molecular flexibility index (Phi) is 4.64. The van der Waals surface area contributed by atoms with Crippen molar-refractivity contribution in [2.75, 3.05) is 0 Å². The van der Waals surface area contributed by atoms with Gasteiger partial charge in [-0.15, -0.1) is 0 Å². The quantitative estimate of drug-likeness (QED) is 0.668. The molecule has 1 nitrogen and oxygen atoms in total. The second-order valence-corrected chi connectivity index (χ2v) is 5.09. The van der Waals surface area contributed by atoms with Gasteiger partial charge in [0.15, 0.2) is 0 Å². The summed E-state index contributed by atoms with van der Waals surface area (Å²) < 4.78 is 0. The minimum atomic E-state index is 0.503. The van der Waals surface area contributed by atoms with Gasteiger partial charge in [-0.3, -0.25) is 4.79 Å². The number of hydrogen-bond donors (Lipinski definition) is 0. The van der Waals surface area contributed by atoms with Gasteiger partial charge in [0.25, 0.3) is 0 Å². The van der Waals surface area contributed by atoms with E-state index in [1.165, 1.54) is 19.3 Å². The fraction of sp³-hybridized carbons (Fsp3) is 0.923. The molecule has 0 aromatic carbocycles. The van der Waals surface area contributed by atoms with Gasteiger partial charge in [0, 0.05) is 12.8 Å². The third kappa shape index (κ3) is 3.11. The van der Waals surface area contributed by atoms with E-state index >= 15 is 0 Å². The van der Waals surface area contributed by atoms with Crippen LogP contribution in [0.2, 0.25) is 0 Å². The van der Waals surface area contributed by atoms with Gasteiger partial charge < -0.3 is 0 Å². The van der Waals surface area contributed by atoms with Crippen LogP contribution in [0.3, 0.4) is 0 Å². The van der Waals surface area contributed by atoms with Crippen molar-refractivity contribution in [2.45, 2.75) is 59.3 Å². The monoisotopic (exact) mass is 196 g/mol. The van der Waals surface area contributed by atoms with E-state index in [1.54, 1.807) is 0 Å². The highest BCUT2D eigenvalue weighted by Crippen LogP contribution is 2.36. The molecular formula is C13H24O. The summed E-state index contributed by atoms with van der Waals surface area (Å²) in [5.74, 6) is 2.75. The first-order valence-corrected chi connectivity index (χ1v) is 6.16. The summed E-state index contributed by atoms with van der Waals surface area (Å²) in [6.07, 6.45) is 6.67. The Morgan fingerprint density at radius 1 is 1.43 bits per heavy atom. The molecule has 1 rings (SSSR count). The highest BCUT2D eigenvalue weighted by molar-refractivity contribution is 5.79. The predicted octanol–water partition coefficient (Wildman–Crippen LogP) is 3.82. The summed E-state index contributed by atoms with van der Waals surface area (Å²) in [5.41, 5.74) is 0. The maximum absolute atomic E-state index is 11.4. The third-order valence-electron chi connectivity index (χ3n) is 3.64. The van der Waals surface area contributed by atoms with Crippen LogP contribution in [-0.2, 0) is 4.79 Å². The van der Waals surface area contributed by atoms with E-state index < -0.39 is 0 Å². The zero-order valence-corrected chi connectivity index (χ0v) is 9.88. The summed E-state index contributed by atoms with van der Waals surface area (Å²) in [7, 11) is 0. The van der Waals surface area contributed by atoms with E-state index in [0.29, 0.717) is 11.7 Å². The smallest absolute Gasteiger partial charge is 0.133 e. The van der Waals surface area contributed by atoms with E-state index in [9.17, 15) is 4.79 Å². The molecule has 14 heavy (non-hydrogen) atoms. The van der Waals surface area contributed by atoms with Crippen molar-refractivity contribution >= 4 is 5.78 Å². The maximum atomic E-state index is 11.4. The zero-order valence-electron chi connectivity index (χ0n) is 9.88. The minimum Gasteiger partial charge on any atom is -0.300 e. The van der Waals surface area contributed by atoms with Gasteiger partial charge in [-0.25, -0.2) is 0 Å². The predicted molar refractivity (Wildman–Crippen MR) is 60.2 cm³/mol. The number of hydrogen-bond acceptors (Lipinski definition) is 1. The molecule has 2 unspecified atom stereocenters. The number of carbonyl (C=O) groups excluding carboxylic acids is 1. The number of Topliss-reactive ketones (excluding diaryl/α,β-unsaturated/α-hetero) is 1. The van der Waals surface area contributed by atoms with Crippen LogP contribution in [0.15, 0.2) is 0 Å². The first-order valence-electron chi connectivity index (χ1n) is 6.16. The maximum Gasteiger partial charge on any atom is 0.133 e. The Bertz CT molecular complexity index is 184. The van der Waals surface area contributed by atoms with Crippen LogP contribution in [0.25, 0.3) is 0 Å². The molecule has 0 amide bonds. The minimum absolute atomic E-state index is 0.503. The molecule has 1 heteroatoms. The summed E-state index contributed by atoms with van der Waals surface area (Å²) in [6.45, 7) is 6.84. The molecule has 0 spiro atoms. The fourth-order valence-corrected chi connectivity index (χ4v) is 2.77. The molecule has 0 heterocycles. The van der Waals surface area contributed by atoms with Crippen molar-refractivity contribution in [3.63, 3.8) is 0 Å². The van der Waals surface area contributed by atoms with Gasteiger partial charge >= 0.3 is 0 Å². The number of unbranched alkanes of at least 4 members (excludes halogenated alkanes) is 1. The summed E-state index contributed by atoms with van der Waals surface area (Å²) in [5, 5.41) is 0. The van der Waals surface area contributed by atoms with Crippen LogP contribution in [0.4, 0.5) is 0 Å². The molecule has 1 fully saturated rings. The van der Waals surface area contributed by atoms with Crippen molar-refractivity contribution in [3.8, 4) is 0 Å². The molecule has 0 aliphatic heterocycles. The van der Waals surface area contributed by atoms with Crippen molar-refractivity contribution in [3.05, 3.63) is 0 Å². The van der Waals surface area contributed by atoms with Crippen molar-refractivity contribution < 1.29 is 4.79 Å². The molecule has 0 saturated heterocycles. The first-order chi connectivity index (χ1) is 6.65. The van der Waals surface area contributed by atoms with Crippen LogP contribution < -0.4 is 0 Å². The highest BCUT2D eigenvalue weighted by atomic mass is 16.1. The molecule has 1 aliphatic carbocycles. The van der Waals surface area contributed by atoms with Gasteiger partial charge in [-0.05, 0) is 30.6 Å². The second-order valence-electron chi connectivity index (χ2n) is 5.09. The van der Waals surface area contributed by atoms with Crippen molar-refractivity contribution in [1.29, 1.82) is 0 Å². The lowest BCUT2D eigenvalue weighted by atomic mass is 9.71. The molecular weight excluding hydrogens is 172 g/mol. The third-order valence-corrected chi connectivity index (χ3v) is 3.64. The summed E-state index contributed by atoms with van der Waals surface area (Å²) in [6, 6.07) is 0. The number of carbonyl (C=O) groups is 1. The Morgan fingerprint density at radius 3 is 2.71 bits per heavy atom. The lowest BCUT2D eigenvalue weighted by Crippen LogP contribution is -2.28. The SMILES string of the molecule is CCCCC1CC(=O)CCC1C(C)C. The van der Waals surface area contributed by atoms with E-state index in [4.69, 9.17) is 0 Å². The Morgan fingerprint density at radius 2 is 2.14 bits per heavy atom. The molecule has 0 aromatic heterocycles. The molecule has 82 valence electrons. The lowest BCUT2D eigenvalue weighted by Gasteiger charge is -2.33. The topological polar surface area (TPSA) is 17.1 Å². The van der Waals surface area contributed by atoms with Crippen molar-refractivity contribution in [1.82, 2.24) is 0 Å². The van der Waals surface area contributed by atoms with Gasteiger partial charge in [-0.2, -0.15) is 0 Å². The first kappa shape index (κ1) is 11.7. The Hall–Kier alpha value is -0.330. The fourth-order valence-electron chi connectivity index (χ4n) is 2.77. The van der Waals surface area contributed by atoms with E-state index in [1.807, 2.05) is 0 Å². The standard InChI is InChI=1S/C13H24O/c1-4-5-6-11-9-12(14)7-8-13(11)10(2)3/h10-11,13H,4-9H2,1-3H3. The van der Waals surface area contributed by atoms with Gasteiger partial charge in [-0.1, -0.05) is 33.6 Å². The largest absolute Gasteiger partial charge is 0.300 e. The normalized spacial score (nSPS) is 28.4. The van der Waals surface area contributed by atoms with Crippen LogP contribution in [-0.4, -0.2) is 5.78 Å². The van der Waals surface area contributed by atoms with E-state index in [2.05, 4.69) is 20.8 Å². The second kappa shape index (κ2) is 5.53. The van der Waals surface area contributed by atoms with Crippen molar-refractivity contribution in [2.24, 2.45) is 17.8 Å².